The molecule has 1 heterocycles. The first-order valence-corrected chi connectivity index (χ1v) is 9.70. The second-order valence-corrected chi connectivity index (χ2v) is 7.97. The van der Waals surface area contributed by atoms with Gasteiger partial charge < -0.3 is 9.84 Å². The van der Waals surface area contributed by atoms with Gasteiger partial charge in [-0.15, -0.1) is 0 Å². The van der Waals surface area contributed by atoms with Crippen LogP contribution in [-0.4, -0.2) is 16.7 Å². The van der Waals surface area contributed by atoms with Crippen LogP contribution >= 0.6 is 11.6 Å². The summed E-state index contributed by atoms with van der Waals surface area (Å²) < 4.78 is 6.44. The number of aryl methyl sites for hydroxylation is 1. The number of carboxylic acids is 1. The molecule has 3 aromatic rings. The van der Waals surface area contributed by atoms with Crippen molar-refractivity contribution in [2.75, 3.05) is 0 Å². The predicted octanol–water partition coefficient (Wildman–Crippen LogP) is 6.03. The van der Waals surface area contributed by atoms with Crippen LogP contribution in [0, 0.1) is 0 Å². The van der Waals surface area contributed by atoms with Crippen molar-refractivity contribution in [2.45, 2.75) is 31.8 Å². The summed E-state index contributed by atoms with van der Waals surface area (Å²) in [5.41, 5.74) is 3.81. The van der Waals surface area contributed by atoms with Crippen molar-refractivity contribution >= 4 is 17.6 Å². The number of rotatable bonds is 4. The number of ether oxygens (including phenoxy) is 1. The summed E-state index contributed by atoms with van der Waals surface area (Å²) in [6, 6.07) is 20.9. The molecule has 0 aromatic heterocycles. The van der Waals surface area contributed by atoms with E-state index in [9.17, 15) is 9.90 Å². The molecule has 4 heteroatoms. The van der Waals surface area contributed by atoms with E-state index in [-0.39, 0.29) is 5.60 Å². The molecule has 0 saturated heterocycles. The van der Waals surface area contributed by atoms with Gasteiger partial charge in [-0.25, -0.2) is 4.79 Å². The number of carbonyl (C=O) groups is 1. The van der Waals surface area contributed by atoms with E-state index in [1.165, 1.54) is 0 Å². The van der Waals surface area contributed by atoms with E-state index in [1.807, 2.05) is 48.5 Å². The van der Waals surface area contributed by atoms with Crippen LogP contribution in [0.2, 0.25) is 5.02 Å². The normalized spacial score (nSPS) is 18.2. The fourth-order valence-corrected chi connectivity index (χ4v) is 4.08. The Morgan fingerprint density at radius 2 is 1.93 bits per heavy atom. The first-order valence-electron chi connectivity index (χ1n) is 9.33. The van der Waals surface area contributed by atoms with Crippen LogP contribution in [-0.2, 0) is 12.8 Å². The topological polar surface area (TPSA) is 46.5 Å². The minimum atomic E-state index is -0.931. The summed E-state index contributed by atoms with van der Waals surface area (Å²) in [7, 11) is 0. The Morgan fingerprint density at radius 1 is 1.11 bits per heavy atom. The Kier molecular flexibility index (Phi) is 4.86. The van der Waals surface area contributed by atoms with Crippen LogP contribution in [0.4, 0.5) is 0 Å². The van der Waals surface area contributed by atoms with Crippen LogP contribution in [0.25, 0.3) is 11.1 Å². The lowest BCUT2D eigenvalue weighted by Crippen LogP contribution is -2.38. The lowest BCUT2D eigenvalue weighted by atomic mass is 9.86. The molecule has 0 radical (unpaired) electrons. The zero-order chi connectivity index (χ0) is 19.7. The molecule has 1 aliphatic heterocycles. The molecule has 3 nitrogen and oxygen atoms in total. The number of fused-ring (bicyclic) bond motifs is 1. The molecular weight excluding hydrogens is 372 g/mol. The number of hydrogen-bond acceptors (Lipinski definition) is 2. The third-order valence-electron chi connectivity index (χ3n) is 5.28. The maximum atomic E-state index is 11.6. The van der Waals surface area contributed by atoms with Gasteiger partial charge in [-0.1, -0.05) is 54.1 Å². The van der Waals surface area contributed by atoms with Crippen LogP contribution < -0.4 is 4.74 Å². The SMILES string of the molecule is C[C@@]1(Cc2cccc(Cl)c2)CCc2ccc(-c3ccccc3C(=O)O)cc2O1. The van der Waals surface area contributed by atoms with Crippen LogP contribution in [0.5, 0.6) is 5.75 Å². The van der Waals surface area contributed by atoms with Gasteiger partial charge in [-0.3, -0.25) is 0 Å². The van der Waals surface area contributed by atoms with Gasteiger partial charge >= 0.3 is 5.97 Å². The second kappa shape index (κ2) is 7.33. The summed E-state index contributed by atoms with van der Waals surface area (Å²) in [5.74, 6) is -0.103. The quantitative estimate of drug-likeness (QED) is 0.589. The van der Waals surface area contributed by atoms with Crippen molar-refractivity contribution in [3.63, 3.8) is 0 Å². The van der Waals surface area contributed by atoms with Gasteiger partial charge in [-0.2, -0.15) is 0 Å². The molecule has 0 aliphatic carbocycles. The maximum absolute atomic E-state index is 11.6. The number of benzene rings is 3. The molecule has 3 aromatic carbocycles. The van der Waals surface area contributed by atoms with Gasteiger partial charge in [0.1, 0.15) is 11.4 Å². The van der Waals surface area contributed by atoms with Crippen LogP contribution in [0.15, 0.2) is 66.7 Å². The van der Waals surface area contributed by atoms with Gasteiger partial charge in [0.25, 0.3) is 0 Å². The Bertz CT molecular complexity index is 1040. The van der Waals surface area contributed by atoms with Gasteiger partial charge in [0.15, 0.2) is 0 Å². The van der Waals surface area contributed by atoms with Crippen LogP contribution in [0.1, 0.15) is 34.8 Å². The van der Waals surface area contributed by atoms with Gasteiger partial charge in [0.2, 0.25) is 0 Å². The lowest BCUT2D eigenvalue weighted by molar-refractivity contribution is 0.0653. The maximum Gasteiger partial charge on any atom is 0.336 e. The Hall–Kier alpha value is -2.78. The van der Waals surface area contributed by atoms with Crippen molar-refractivity contribution in [3.05, 3.63) is 88.4 Å². The first kappa shape index (κ1) is 18.6. The Morgan fingerprint density at radius 3 is 2.71 bits per heavy atom. The predicted molar refractivity (Wildman–Crippen MR) is 111 cm³/mol. The minimum Gasteiger partial charge on any atom is -0.487 e. The summed E-state index contributed by atoms with van der Waals surface area (Å²) in [6.07, 6.45) is 2.60. The molecule has 0 saturated carbocycles. The Labute approximate surface area is 169 Å². The van der Waals surface area contributed by atoms with Gasteiger partial charge in [0.05, 0.1) is 5.56 Å². The molecule has 1 aliphatic rings. The molecule has 4 rings (SSSR count). The summed E-state index contributed by atoms with van der Waals surface area (Å²) in [5, 5.41) is 10.2. The molecule has 142 valence electrons. The Balaban J connectivity index is 1.65. The van der Waals surface area contributed by atoms with Crippen LogP contribution in [0.3, 0.4) is 0 Å². The molecule has 1 atom stereocenters. The monoisotopic (exact) mass is 392 g/mol. The van der Waals surface area contributed by atoms with Gasteiger partial charge in [-0.05, 0) is 66.3 Å². The van der Waals surface area contributed by atoms with E-state index in [1.54, 1.807) is 12.1 Å². The molecular formula is C24H21ClO3. The fraction of sp³-hybridized carbons (Fsp3) is 0.208. The highest BCUT2D eigenvalue weighted by molar-refractivity contribution is 6.30. The summed E-state index contributed by atoms with van der Waals surface area (Å²) in [4.78, 5) is 11.6. The van der Waals surface area contributed by atoms with E-state index < -0.39 is 5.97 Å². The molecule has 28 heavy (non-hydrogen) atoms. The highest BCUT2D eigenvalue weighted by Gasteiger charge is 2.32. The van der Waals surface area contributed by atoms with Crippen molar-refractivity contribution < 1.29 is 14.6 Å². The zero-order valence-corrected chi connectivity index (χ0v) is 16.4. The van der Waals surface area contributed by atoms with E-state index in [2.05, 4.69) is 13.0 Å². The molecule has 0 unspecified atom stereocenters. The van der Waals surface area contributed by atoms with E-state index >= 15 is 0 Å². The molecule has 0 amide bonds. The third kappa shape index (κ3) is 3.76. The van der Waals surface area contributed by atoms with E-state index in [0.717, 1.165) is 46.7 Å². The average molecular weight is 393 g/mol. The van der Waals surface area contributed by atoms with Crippen molar-refractivity contribution in [1.82, 2.24) is 0 Å². The minimum absolute atomic E-state index is 0.292. The molecule has 0 bridgehead atoms. The van der Waals surface area contributed by atoms with Crippen molar-refractivity contribution in [1.29, 1.82) is 0 Å². The average Bonchev–Trinajstić information content (AvgIpc) is 2.67. The fourth-order valence-electron chi connectivity index (χ4n) is 3.86. The standard InChI is InChI=1S/C24H21ClO3/c1-24(15-16-5-4-6-19(25)13-16)12-11-17-9-10-18(14-22(17)28-24)20-7-2-3-8-21(20)23(26)27/h2-10,13-14H,11-12,15H2,1H3,(H,26,27)/t24-/m0/s1. The number of hydrogen-bond donors (Lipinski definition) is 1. The summed E-state index contributed by atoms with van der Waals surface area (Å²) >= 11 is 6.13. The smallest absolute Gasteiger partial charge is 0.336 e. The lowest BCUT2D eigenvalue weighted by Gasteiger charge is -2.36. The largest absolute Gasteiger partial charge is 0.487 e. The third-order valence-corrected chi connectivity index (χ3v) is 5.52. The number of aromatic carboxylic acids is 1. The van der Waals surface area contributed by atoms with E-state index in [4.69, 9.17) is 16.3 Å². The van der Waals surface area contributed by atoms with Crippen molar-refractivity contribution in [3.8, 4) is 16.9 Å². The first-order chi connectivity index (χ1) is 13.4. The highest BCUT2D eigenvalue weighted by atomic mass is 35.5. The van der Waals surface area contributed by atoms with Crippen molar-refractivity contribution in [2.24, 2.45) is 0 Å². The number of halogens is 1. The molecule has 0 fully saturated rings. The molecule has 1 N–H and O–H groups in total. The van der Waals surface area contributed by atoms with E-state index in [0.29, 0.717) is 11.1 Å². The highest BCUT2D eigenvalue weighted by Crippen LogP contribution is 2.38. The number of carboxylic acid groups (broad SMARTS) is 1. The zero-order valence-electron chi connectivity index (χ0n) is 15.6. The van der Waals surface area contributed by atoms with Gasteiger partial charge in [0, 0.05) is 11.4 Å². The summed E-state index contributed by atoms with van der Waals surface area (Å²) in [6.45, 7) is 2.12. The second-order valence-electron chi connectivity index (χ2n) is 7.53. The molecule has 0 spiro atoms.